The Morgan fingerprint density at radius 1 is 1.18 bits per heavy atom. The van der Waals surface area contributed by atoms with E-state index in [0.717, 1.165) is 5.56 Å². The maximum Gasteiger partial charge on any atom is 0.321 e. The van der Waals surface area contributed by atoms with Gasteiger partial charge in [-0.05, 0) is 32.9 Å². The van der Waals surface area contributed by atoms with Gasteiger partial charge in [0.2, 0.25) is 10.0 Å². The zero-order valence-electron chi connectivity index (χ0n) is 13.6. The van der Waals surface area contributed by atoms with Crippen molar-refractivity contribution in [1.82, 2.24) is 14.1 Å². The number of carbonyl (C=O) groups excluding carboxylic acids is 1. The number of hydrogen-bond donors (Lipinski definition) is 0. The first kappa shape index (κ1) is 16.8. The lowest BCUT2D eigenvalue weighted by atomic mass is 10.2. The molecule has 1 aliphatic rings. The summed E-state index contributed by atoms with van der Waals surface area (Å²) in [6.07, 6.45) is -0.504. The Morgan fingerprint density at radius 2 is 1.73 bits per heavy atom. The number of benzene rings is 1. The fourth-order valence-corrected chi connectivity index (χ4v) is 4.40. The van der Waals surface area contributed by atoms with Gasteiger partial charge in [-0.25, -0.2) is 13.2 Å². The van der Waals surface area contributed by atoms with Crippen LogP contribution in [0.3, 0.4) is 0 Å². The second kappa shape index (κ2) is 5.89. The summed E-state index contributed by atoms with van der Waals surface area (Å²) in [4.78, 5) is 15.6. The highest BCUT2D eigenvalue weighted by molar-refractivity contribution is 7.89. The van der Waals surface area contributed by atoms with Gasteiger partial charge in [-0.1, -0.05) is 17.7 Å². The van der Waals surface area contributed by atoms with Crippen LogP contribution in [-0.2, 0) is 10.0 Å². The van der Waals surface area contributed by atoms with Gasteiger partial charge in [-0.3, -0.25) is 0 Å². The van der Waals surface area contributed by atoms with Gasteiger partial charge < -0.3 is 9.80 Å². The normalized spacial score (nSPS) is 22.9. The summed E-state index contributed by atoms with van der Waals surface area (Å²) >= 11 is 0. The van der Waals surface area contributed by atoms with Crippen LogP contribution < -0.4 is 0 Å². The first-order valence-corrected chi connectivity index (χ1v) is 8.68. The highest BCUT2D eigenvalue weighted by atomic mass is 32.2. The van der Waals surface area contributed by atoms with Crippen LogP contribution in [0.5, 0.6) is 0 Å². The fourth-order valence-electron chi connectivity index (χ4n) is 2.73. The Labute approximate surface area is 132 Å². The molecule has 0 bridgehead atoms. The summed E-state index contributed by atoms with van der Waals surface area (Å²) in [6, 6.07) is 6.43. The second-order valence-corrected chi connectivity index (χ2v) is 7.84. The van der Waals surface area contributed by atoms with Crippen molar-refractivity contribution in [3.05, 3.63) is 29.8 Å². The Balaban J connectivity index is 2.33. The smallest absolute Gasteiger partial charge is 0.321 e. The monoisotopic (exact) mass is 325 g/mol. The molecule has 2 atom stereocenters. The topological polar surface area (TPSA) is 60.9 Å². The summed E-state index contributed by atoms with van der Waals surface area (Å²) in [5.41, 5.74) is 1.01. The van der Waals surface area contributed by atoms with Gasteiger partial charge in [0.1, 0.15) is 0 Å². The minimum Gasteiger partial charge on any atom is -0.331 e. The van der Waals surface area contributed by atoms with Gasteiger partial charge in [-0.2, -0.15) is 4.31 Å². The van der Waals surface area contributed by atoms with Crippen LogP contribution in [0.1, 0.15) is 19.4 Å². The lowest BCUT2D eigenvalue weighted by molar-refractivity contribution is 0.144. The molecular formula is C15H23N3O3S. The molecule has 0 aromatic heterocycles. The zero-order valence-corrected chi connectivity index (χ0v) is 14.5. The molecule has 1 aliphatic heterocycles. The van der Waals surface area contributed by atoms with Gasteiger partial charge in [0, 0.05) is 26.7 Å². The number of urea groups is 1. The van der Waals surface area contributed by atoms with Crippen molar-refractivity contribution in [3.8, 4) is 0 Å². The van der Waals surface area contributed by atoms with Crippen LogP contribution in [0.15, 0.2) is 29.2 Å². The predicted octanol–water partition coefficient (Wildman–Crippen LogP) is 1.72. The molecule has 1 heterocycles. The molecule has 0 radical (unpaired) electrons. The molecule has 2 amide bonds. The van der Waals surface area contributed by atoms with E-state index in [2.05, 4.69) is 0 Å². The molecule has 1 saturated heterocycles. The number of carbonyl (C=O) groups is 1. The van der Waals surface area contributed by atoms with E-state index in [1.54, 1.807) is 50.2 Å². The Kier molecular flexibility index (Phi) is 4.49. The van der Waals surface area contributed by atoms with Crippen molar-refractivity contribution in [2.24, 2.45) is 0 Å². The van der Waals surface area contributed by atoms with Crippen LogP contribution >= 0.6 is 0 Å². The van der Waals surface area contributed by atoms with E-state index < -0.39 is 16.2 Å². The largest absolute Gasteiger partial charge is 0.331 e. The van der Waals surface area contributed by atoms with E-state index in [9.17, 15) is 13.2 Å². The highest BCUT2D eigenvalue weighted by Gasteiger charge is 2.44. The summed E-state index contributed by atoms with van der Waals surface area (Å²) in [5, 5.41) is 0. The van der Waals surface area contributed by atoms with Gasteiger partial charge in [-0.15, -0.1) is 0 Å². The molecule has 22 heavy (non-hydrogen) atoms. The van der Waals surface area contributed by atoms with Gasteiger partial charge in [0.15, 0.2) is 0 Å². The number of rotatable bonds is 2. The third-order valence-corrected chi connectivity index (χ3v) is 5.91. The second-order valence-electron chi connectivity index (χ2n) is 5.95. The van der Waals surface area contributed by atoms with E-state index in [4.69, 9.17) is 0 Å². The molecular weight excluding hydrogens is 302 g/mol. The lowest BCUT2D eigenvalue weighted by Crippen LogP contribution is -2.47. The van der Waals surface area contributed by atoms with Crippen LogP contribution in [0.4, 0.5) is 4.79 Å². The van der Waals surface area contributed by atoms with Crippen LogP contribution in [-0.4, -0.2) is 61.4 Å². The molecule has 122 valence electrons. The third-order valence-electron chi connectivity index (χ3n) is 3.97. The SMILES string of the molecule is Cc1ccc(S(=O)(=O)N2CC(C)N(C(=O)N(C)C)C2C)cc1. The van der Waals surface area contributed by atoms with E-state index in [1.165, 1.54) is 9.21 Å². The van der Waals surface area contributed by atoms with Crippen molar-refractivity contribution in [2.45, 2.75) is 37.9 Å². The van der Waals surface area contributed by atoms with Gasteiger partial charge in [0.05, 0.1) is 11.1 Å². The average molecular weight is 325 g/mol. The predicted molar refractivity (Wildman–Crippen MR) is 84.9 cm³/mol. The summed E-state index contributed by atoms with van der Waals surface area (Å²) in [5.74, 6) is 0. The van der Waals surface area contributed by atoms with Crippen molar-refractivity contribution < 1.29 is 13.2 Å². The molecule has 2 unspecified atom stereocenters. The van der Waals surface area contributed by atoms with E-state index in [0.29, 0.717) is 6.54 Å². The van der Waals surface area contributed by atoms with Gasteiger partial charge in [0.25, 0.3) is 0 Å². The van der Waals surface area contributed by atoms with Crippen molar-refractivity contribution in [3.63, 3.8) is 0 Å². The molecule has 1 fully saturated rings. The maximum absolute atomic E-state index is 12.8. The van der Waals surface area contributed by atoms with E-state index >= 15 is 0 Å². The highest BCUT2D eigenvalue weighted by Crippen LogP contribution is 2.28. The number of amides is 2. The Bertz CT molecular complexity index is 655. The Morgan fingerprint density at radius 3 is 2.23 bits per heavy atom. The lowest BCUT2D eigenvalue weighted by Gasteiger charge is -2.30. The van der Waals surface area contributed by atoms with E-state index in [-0.39, 0.29) is 17.0 Å². The molecule has 1 aromatic carbocycles. The van der Waals surface area contributed by atoms with Crippen molar-refractivity contribution in [1.29, 1.82) is 0 Å². The standard InChI is InChI=1S/C15H23N3O3S/c1-11-6-8-14(9-7-11)22(20,21)17-10-12(2)18(13(17)3)15(19)16(4)5/h6-9,12-13H,10H2,1-5H3. The molecule has 7 heteroatoms. The minimum atomic E-state index is -3.61. The molecule has 1 aromatic rings. The molecule has 2 rings (SSSR count). The summed E-state index contributed by atoms with van der Waals surface area (Å²) in [6.45, 7) is 5.82. The zero-order chi connectivity index (χ0) is 16.7. The molecule has 6 nitrogen and oxygen atoms in total. The van der Waals surface area contributed by atoms with E-state index in [1.807, 2.05) is 13.8 Å². The molecule has 0 N–H and O–H groups in total. The number of aryl methyl sites for hydroxylation is 1. The molecule has 0 spiro atoms. The van der Waals surface area contributed by atoms with Crippen molar-refractivity contribution in [2.75, 3.05) is 20.6 Å². The van der Waals surface area contributed by atoms with Crippen LogP contribution in [0.25, 0.3) is 0 Å². The van der Waals surface area contributed by atoms with Gasteiger partial charge >= 0.3 is 6.03 Å². The average Bonchev–Trinajstić information content (AvgIpc) is 2.74. The van der Waals surface area contributed by atoms with Crippen LogP contribution in [0.2, 0.25) is 0 Å². The number of nitrogens with zero attached hydrogens (tertiary/aromatic N) is 3. The number of hydrogen-bond acceptors (Lipinski definition) is 3. The fraction of sp³-hybridized carbons (Fsp3) is 0.533. The summed E-state index contributed by atoms with van der Waals surface area (Å²) < 4.78 is 27.0. The quantitative estimate of drug-likeness (QED) is 0.832. The third kappa shape index (κ3) is 2.83. The summed E-state index contributed by atoms with van der Waals surface area (Å²) in [7, 11) is -0.278. The first-order valence-electron chi connectivity index (χ1n) is 7.24. The van der Waals surface area contributed by atoms with Crippen molar-refractivity contribution >= 4 is 16.1 Å². The first-order chi connectivity index (χ1) is 10.2. The van der Waals surface area contributed by atoms with Crippen LogP contribution in [0, 0.1) is 6.92 Å². The number of sulfonamides is 1. The maximum atomic E-state index is 12.8. The molecule has 0 aliphatic carbocycles. The minimum absolute atomic E-state index is 0.162. The molecule has 0 saturated carbocycles. The Hall–Kier alpha value is -1.60.